The number of rotatable bonds is 3. The zero-order chi connectivity index (χ0) is 14.8. The van der Waals surface area contributed by atoms with Crippen molar-refractivity contribution in [1.29, 1.82) is 0 Å². The van der Waals surface area contributed by atoms with Crippen molar-refractivity contribution >= 4 is 22.4 Å². The fraction of sp³-hybridized carbons (Fsp3) is 0.118. The van der Waals surface area contributed by atoms with Crippen LogP contribution in [0.25, 0.3) is 10.8 Å². The summed E-state index contributed by atoms with van der Waals surface area (Å²) in [6.07, 6.45) is 3.71. The summed E-state index contributed by atoms with van der Waals surface area (Å²) in [5.74, 6) is 5.81. The van der Waals surface area contributed by atoms with E-state index >= 15 is 0 Å². The van der Waals surface area contributed by atoms with Gasteiger partial charge in [0.25, 0.3) is 0 Å². The first-order valence-corrected chi connectivity index (χ1v) is 7.12. The summed E-state index contributed by atoms with van der Waals surface area (Å²) >= 11 is 6.17. The second-order valence-electron chi connectivity index (χ2n) is 5.11. The molecule has 0 saturated carbocycles. The largest absolute Gasteiger partial charge is 0.271 e. The molecule has 0 amide bonds. The van der Waals surface area contributed by atoms with Gasteiger partial charge in [0.15, 0.2) is 0 Å². The van der Waals surface area contributed by atoms with Gasteiger partial charge in [-0.25, -0.2) is 5.43 Å². The number of fused-ring (bicyclic) bond motifs is 1. The van der Waals surface area contributed by atoms with Gasteiger partial charge in [-0.1, -0.05) is 41.9 Å². The van der Waals surface area contributed by atoms with E-state index in [-0.39, 0.29) is 6.04 Å². The number of hydrazine groups is 1. The minimum Gasteiger partial charge on any atom is -0.271 e. The van der Waals surface area contributed by atoms with Gasteiger partial charge in [0.1, 0.15) is 0 Å². The second kappa shape index (κ2) is 5.82. The Morgan fingerprint density at radius 3 is 2.71 bits per heavy atom. The fourth-order valence-electron chi connectivity index (χ4n) is 2.67. The molecule has 2 aromatic carbocycles. The molecule has 0 aliphatic heterocycles. The van der Waals surface area contributed by atoms with Gasteiger partial charge >= 0.3 is 0 Å². The number of hydrogen-bond acceptors (Lipinski definition) is 3. The van der Waals surface area contributed by atoms with Gasteiger partial charge in [-0.05, 0) is 35.6 Å². The van der Waals surface area contributed by atoms with Crippen molar-refractivity contribution in [1.82, 2.24) is 10.4 Å². The Labute approximate surface area is 128 Å². The van der Waals surface area contributed by atoms with Crippen molar-refractivity contribution in [3.63, 3.8) is 0 Å². The van der Waals surface area contributed by atoms with Gasteiger partial charge in [-0.15, -0.1) is 0 Å². The van der Waals surface area contributed by atoms with Gasteiger partial charge in [0.05, 0.1) is 6.04 Å². The van der Waals surface area contributed by atoms with Crippen LogP contribution in [0.2, 0.25) is 5.02 Å². The Morgan fingerprint density at radius 1 is 1.14 bits per heavy atom. The van der Waals surface area contributed by atoms with E-state index in [1.54, 1.807) is 0 Å². The van der Waals surface area contributed by atoms with Gasteiger partial charge in [-0.2, -0.15) is 0 Å². The average Bonchev–Trinajstić information content (AvgIpc) is 2.47. The Morgan fingerprint density at radius 2 is 1.95 bits per heavy atom. The lowest BCUT2D eigenvalue weighted by Gasteiger charge is -2.19. The monoisotopic (exact) mass is 297 g/mol. The molecule has 0 saturated heterocycles. The summed E-state index contributed by atoms with van der Waals surface area (Å²) in [7, 11) is 0. The number of nitrogens with one attached hydrogen (secondary N) is 1. The summed E-state index contributed by atoms with van der Waals surface area (Å²) in [5.41, 5.74) is 6.05. The van der Waals surface area contributed by atoms with E-state index in [4.69, 9.17) is 17.4 Å². The van der Waals surface area contributed by atoms with Crippen LogP contribution in [0.1, 0.15) is 22.7 Å². The third-order valence-corrected chi connectivity index (χ3v) is 3.79. The van der Waals surface area contributed by atoms with Crippen LogP contribution < -0.4 is 11.3 Å². The van der Waals surface area contributed by atoms with E-state index in [2.05, 4.69) is 22.5 Å². The van der Waals surface area contributed by atoms with Crippen molar-refractivity contribution in [2.45, 2.75) is 13.0 Å². The van der Waals surface area contributed by atoms with E-state index in [0.29, 0.717) is 5.02 Å². The Kier molecular flexibility index (Phi) is 3.88. The summed E-state index contributed by atoms with van der Waals surface area (Å²) in [5, 5.41) is 2.93. The maximum absolute atomic E-state index is 6.17. The molecule has 0 bridgehead atoms. The number of hydrogen-bond donors (Lipinski definition) is 2. The number of pyridine rings is 1. The summed E-state index contributed by atoms with van der Waals surface area (Å²) in [4.78, 5) is 4.32. The zero-order valence-electron chi connectivity index (χ0n) is 11.7. The lowest BCUT2D eigenvalue weighted by atomic mass is 9.95. The van der Waals surface area contributed by atoms with Crippen LogP contribution in [-0.2, 0) is 0 Å². The third-order valence-electron chi connectivity index (χ3n) is 3.57. The highest BCUT2D eigenvalue weighted by molar-refractivity contribution is 6.30. The number of aromatic nitrogens is 1. The summed E-state index contributed by atoms with van der Waals surface area (Å²) < 4.78 is 0. The van der Waals surface area contributed by atoms with Crippen LogP contribution in [0.4, 0.5) is 0 Å². The predicted octanol–water partition coefficient (Wildman–Crippen LogP) is 3.75. The quantitative estimate of drug-likeness (QED) is 0.572. The van der Waals surface area contributed by atoms with Gasteiger partial charge < -0.3 is 0 Å². The van der Waals surface area contributed by atoms with Gasteiger partial charge in [0.2, 0.25) is 0 Å². The number of nitrogens with two attached hydrogens (primary N) is 1. The highest BCUT2D eigenvalue weighted by Crippen LogP contribution is 2.29. The van der Waals surface area contributed by atoms with Crippen molar-refractivity contribution < 1.29 is 0 Å². The molecule has 3 rings (SSSR count). The first-order chi connectivity index (χ1) is 10.2. The average molecular weight is 298 g/mol. The maximum Gasteiger partial charge on any atom is 0.0731 e. The number of benzene rings is 2. The molecule has 0 aliphatic rings. The lowest BCUT2D eigenvalue weighted by molar-refractivity contribution is 0.638. The fourth-order valence-corrected chi connectivity index (χ4v) is 2.96. The first-order valence-electron chi connectivity index (χ1n) is 6.75. The molecule has 0 fully saturated rings. The minimum atomic E-state index is -0.152. The van der Waals surface area contributed by atoms with E-state index in [9.17, 15) is 0 Å². The molecular formula is C17H16ClN3. The molecule has 106 valence electrons. The molecule has 0 spiro atoms. The molecule has 3 nitrogen and oxygen atoms in total. The Hall–Kier alpha value is -1.94. The molecule has 1 aromatic heterocycles. The van der Waals surface area contributed by atoms with Crippen LogP contribution in [0.15, 0.2) is 54.9 Å². The second-order valence-corrected chi connectivity index (χ2v) is 5.55. The standard InChI is InChI=1S/C17H16ClN3/c1-11-6-13(8-14(18)7-11)17(21-19)16-10-20-9-12-4-2-3-5-15(12)16/h2-10,17,21H,19H2,1H3. The van der Waals surface area contributed by atoms with E-state index < -0.39 is 0 Å². The van der Waals surface area contributed by atoms with Crippen LogP contribution in [-0.4, -0.2) is 4.98 Å². The SMILES string of the molecule is Cc1cc(Cl)cc(C(NN)c2cncc3ccccc23)c1. The third kappa shape index (κ3) is 2.76. The van der Waals surface area contributed by atoms with Crippen molar-refractivity contribution in [3.8, 4) is 0 Å². The Bertz CT molecular complexity index is 760. The predicted molar refractivity (Wildman–Crippen MR) is 87.1 cm³/mol. The van der Waals surface area contributed by atoms with Gasteiger partial charge in [-0.3, -0.25) is 10.8 Å². The molecule has 3 N–H and O–H groups in total. The maximum atomic E-state index is 6.17. The van der Waals surface area contributed by atoms with E-state index in [1.807, 2.05) is 49.6 Å². The van der Waals surface area contributed by atoms with Crippen molar-refractivity contribution in [2.75, 3.05) is 0 Å². The molecule has 0 aliphatic carbocycles. The van der Waals surface area contributed by atoms with Crippen molar-refractivity contribution in [3.05, 3.63) is 76.6 Å². The zero-order valence-corrected chi connectivity index (χ0v) is 12.4. The number of aryl methyl sites for hydroxylation is 1. The number of halogens is 1. The lowest BCUT2D eigenvalue weighted by Crippen LogP contribution is -2.29. The Balaban J connectivity index is 2.18. The molecule has 3 aromatic rings. The van der Waals surface area contributed by atoms with Crippen LogP contribution in [0.5, 0.6) is 0 Å². The van der Waals surface area contributed by atoms with Crippen molar-refractivity contribution in [2.24, 2.45) is 5.84 Å². The molecule has 21 heavy (non-hydrogen) atoms. The summed E-state index contributed by atoms with van der Waals surface area (Å²) in [6, 6.07) is 13.9. The molecule has 1 atom stereocenters. The molecule has 1 unspecified atom stereocenters. The van der Waals surface area contributed by atoms with Gasteiger partial charge in [0, 0.05) is 28.4 Å². The summed E-state index contributed by atoms with van der Waals surface area (Å²) in [6.45, 7) is 2.02. The highest BCUT2D eigenvalue weighted by Gasteiger charge is 2.16. The smallest absolute Gasteiger partial charge is 0.0731 e. The molecule has 0 radical (unpaired) electrons. The topological polar surface area (TPSA) is 50.9 Å². The van der Waals surface area contributed by atoms with Crippen LogP contribution in [0, 0.1) is 6.92 Å². The molecule has 4 heteroatoms. The van der Waals surface area contributed by atoms with Crippen LogP contribution in [0.3, 0.4) is 0 Å². The molecule has 1 heterocycles. The number of nitrogens with zero attached hydrogens (tertiary/aromatic N) is 1. The minimum absolute atomic E-state index is 0.152. The van der Waals surface area contributed by atoms with Crippen LogP contribution >= 0.6 is 11.6 Å². The molecular weight excluding hydrogens is 282 g/mol. The first kappa shape index (κ1) is 14.0. The normalized spacial score (nSPS) is 12.5. The van der Waals surface area contributed by atoms with E-state index in [0.717, 1.165) is 27.5 Å². The van der Waals surface area contributed by atoms with E-state index in [1.165, 1.54) is 0 Å². The highest BCUT2D eigenvalue weighted by atomic mass is 35.5.